The third-order valence-electron chi connectivity index (χ3n) is 3.24. The Kier molecular flexibility index (Phi) is 6.07. The van der Waals surface area contributed by atoms with E-state index in [0.717, 1.165) is 31.7 Å². The van der Waals surface area contributed by atoms with Crippen molar-refractivity contribution >= 4 is 11.8 Å². The zero-order valence-electron chi connectivity index (χ0n) is 10.9. The minimum atomic E-state index is -2.38. The van der Waals surface area contributed by atoms with Crippen LogP contribution in [0.3, 0.4) is 0 Å². The summed E-state index contributed by atoms with van der Waals surface area (Å²) >= 11 is 2.01. The van der Waals surface area contributed by atoms with Crippen LogP contribution in [-0.4, -0.2) is 42.6 Å². The summed E-state index contributed by atoms with van der Waals surface area (Å²) in [5, 5.41) is 3.32. The fourth-order valence-corrected chi connectivity index (χ4v) is 3.11. The molecule has 1 N–H and O–H groups in total. The maximum Gasteiger partial charge on any atom is 0.263 e. The Labute approximate surface area is 117 Å². The molecule has 5 heteroatoms. The highest BCUT2D eigenvalue weighted by molar-refractivity contribution is 7.99. The third-order valence-corrected chi connectivity index (χ3v) is 4.18. The largest absolute Gasteiger partial charge is 0.311 e. The second kappa shape index (κ2) is 7.82. The van der Waals surface area contributed by atoms with Gasteiger partial charge in [-0.15, -0.1) is 0 Å². The van der Waals surface area contributed by atoms with Crippen LogP contribution in [0.5, 0.6) is 0 Å². The Morgan fingerprint density at radius 3 is 2.79 bits per heavy atom. The SMILES string of the molecule is FC(F)c1cccc(CNCCN2CCSCC2)c1. The summed E-state index contributed by atoms with van der Waals surface area (Å²) in [7, 11) is 0. The lowest BCUT2D eigenvalue weighted by Gasteiger charge is -2.26. The number of halogens is 2. The van der Waals surface area contributed by atoms with Gasteiger partial charge in [-0.05, 0) is 11.6 Å². The molecule has 1 fully saturated rings. The molecule has 0 amide bonds. The quantitative estimate of drug-likeness (QED) is 0.810. The van der Waals surface area contributed by atoms with E-state index in [4.69, 9.17) is 0 Å². The first kappa shape index (κ1) is 14.8. The molecule has 0 saturated carbocycles. The van der Waals surface area contributed by atoms with Gasteiger partial charge in [-0.3, -0.25) is 0 Å². The molecule has 1 aromatic rings. The van der Waals surface area contributed by atoms with Gasteiger partial charge in [0, 0.05) is 49.8 Å². The van der Waals surface area contributed by atoms with E-state index in [1.54, 1.807) is 12.1 Å². The van der Waals surface area contributed by atoms with Crippen molar-refractivity contribution in [1.82, 2.24) is 10.2 Å². The number of hydrogen-bond acceptors (Lipinski definition) is 3. The molecule has 1 heterocycles. The molecule has 106 valence electrons. The van der Waals surface area contributed by atoms with Gasteiger partial charge in [-0.2, -0.15) is 11.8 Å². The Bertz CT molecular complexity index is 381. The molecule has 0 atom stereocenters. The first-order valence-electron chi connectivity index (χ1n) is 6.63. The van der Waals surface area contributed by atoms with Crippen molar-refractivity contribution < 1.29 is 8.78 Å². The van der Waals surface area contributed by atoms with Crippen molar-refractivity contribution in [3.05, 3.63) is 35.4 Å². The molecule has 19 heavy (non-hydrogen) atoms. The topological polar surface area (TPSA) is 15.3 Å². The van der Waals surface area contributed by atoms with Gasteiger partial charge in [0.15, 0.2) is 0 Å². The molecule has 0 aromatic heterocycles. The summed E-state index contributed by atoms with van der Waals surface area (Å²) in [6.45, 7) is 4.92. The Hall–Kier alpha value is -0.650. The van der Waals surface area contributed by atoms with Gasteiger partial charge >= 0.3 is 0 Å². The number of rotatable bonds is 6. The lowest BCUT2D eigenvalue weighted by molar-refractivity contribution is 0.151. The van der Waals surface area contributed by atoms with Crippen LogP contribution in [0.1, 0.15) is 17.6 Å². The standard InChI is InChI=1S/C14H20F2N2S/c15-14(16)13-3-1-2-12(10-13)11-17-4-5-18-6-8-19-9-7-18/h1-3,10,14,17H,4-9,11H2. The summed E-state index contributed by atoms with van der Waals surface area (Å²) in [5.41, 5.74) is 1.03. The van der Waals surface area contributed by atoms with Crippen LogP contribution in [0, 0.1) is 0 Å². The molecule has 2 nitrogen and oxygen atoms in total. The normalized spacial score (nSPS) is 17.0. The van der Waals surface area contributed by atoms with Crippen LogP contribution >= 0.6 is 11.8 Å². The smallest absolute Gasteiger partial charge is 0.263 e. The van der Waals surface area contributed by atoms with Crippen molar-refractivity contribution in [3.8, 4) is 0 Å². The fourth-order valence-electron chi connectivity index (χ4n) is 2.13. The molecular formula is C14H20F2N2S. The molecule has 0 radical (unpaired) electrons. The van der Waals surface area contributed by atoms with Gasteiger partial charge in [-0.25, -0.2) is 8.78 Å². The predicted octanol–water partition coefficient (Wildman–Crippen LogP) is 2.76. The molecule has 1 saturated heterocycles. The highest BCUT2D eigenvalue weighted by Gasteiger charge is 2.09. The van der Waals surface area contributed by atoms with Crippen molar-refractivity contribution in [3.63, 3.8) is 0 Å². The number of hydrogen-bond donors (Lipinski definition) is 1. The first-order chi connectivity index (χ1) is 9.25. The predicted molar refractivity (Wildman–Crippen MR) is 76.9 cm³/mol. The van der Waals surface area contributed by atoms with Crippen LogP contribution in [0.15, 0.2) is 24.3 Å². The monoisotopic (exact) mass is 286 g/mol. The summed E-state index contributed by atoms with van der Waals surface area (Å²) in [6, 6.07) is 6.63. The summed E-state index contributed by atoms with van der Waals surface area (Å²) in [6.07, 6.45) is -2.38. The number of benzene rings is 1. The van der Waals surface area contributed by atoms with E-state index in [1.165, 1.54) is 17.6 Å². The molecule has 1 aliphatic heterocycles. The maximum absolute atomic E-state index is 12.5. The summed E-state index contributed by atoms with van der Waals surface area (Å²) in [5.74, 6) is 2.44. The van der Waals surface area contributed by atoms with Gasteiger partial charge in [0.25, 0.3) is 6.43 Å². The van der Waals surface area contributed by atoms with Crippen molar-refractivity contribution in [2.75, 3.05) is 37.7 Å². The average molecular weight is 286 g/mol. The zero-order valence-corrected chi connectivity index (χ0v) is 11.8. The molecule has 2 rings (SSSR count). The van der Waals surface area contributed by atoms with Crippen LogP contribution in [0.25, 0.3) is 0 Å². The van der Waals surface area contributed by atoms with Crippen LogP contribution < -0.4 is 5.32 Å². The van der Waals surface area contributed by atoms with Crippen molar-refractivity contribution in [2.45, 2.75) is 13.0 Å². The Balaban J connectivity index is 1.68. The molecule has 0 bridgehead atoms. The van der Waals surface area contributed by atoms with Gasteiger partial charge in [0.1, 0.15) is 0 Å². The van der Waals surface area contributed by atoms with E-state index in [0.29, 0.717) is 6.54 Å². The number of nitrogens with one attached hydrogen (secondary N) is 1. The van der Waals surface area contributed by atoms with Crippen molar-refractivity contribution in [2.24, 2.45) is 0 Å². The van der Waals surface area contributed by atoms with Gasteiger partial charge in [0.2, 0.25) is 0 Å². The number of nitrogens with zero attached hydrogens (tertiary/aromatic N) is 1. The van der Waals surface area contributed by atoms with E-state index in [9.17, 15) is 8.78 Å². The molecule has 0 unspecified atom stereocenters. The number of alkyl halides is 2. The van der Waals surface area contributed by atoms with Crippen LogP contribution in [-0.2, 0) is 6.54 Å². The lowest BCUT2D eigenvalue weighted by Crippen LogP contribution is -2.37. The zero-order chi connectivity index (χ0) is 13.5. The van der Waals surface area contributed by atoms with E-state index in [-0.39, 0.29) is 5.56 Å². The highest BCUT2D eigenvalue weighted by Crippen LogP contribution is 2.19. The van der Waals surface area contributed by atoms with Crippen LogP contribution in [0.4, 0.5) is 8.78 Å². The minimum absolute atomic E-state index is 0.104. The molecule has 1 aliphatic rings. The van der Waals surface area contributed by atoms with Crippen molar-refractivity contribution in [1.29, 1.82) is 0 Å². The first-order valence-corrected chi connectivity index (χ1v) is 7.79. The second-order valence-corrected chi connectivity index (χ2v) is 5.90. The highest BCUT2D eigenvalue weighted by atomic mass is 32.2. The Morgan fingerprint density at radius 2 is 2.05 bits per heavy atom. The van der Waals surface area contributed by atoms with Gasteiger partial charge in [0.05, 0.1) is 0 Å². The maximum atomic E-state index is 12.5. The second-order valence-electron chi connectivity index (χ2n) is 4.68. The number of thioether (sulfide) groups is 1. The van der Waals surface area contributed by atoms with Gasteiger partial charge in [-0.1, -0.05) is 18.2 Å². The third kappa shape index (κ3) is 5.09. The molecular weight excluding hydrogens is 266 g/mol. The van der Waals surface area contributed by atoms with E-state index < -0.39 is 6.43 Å². The van der Waals surface area contributed by atoms with E-state index >= 15 is 0 Å². The molecule has 0 spiro atoms. The minimum Gasteiger partial charge on any atom is -0.311 e. The van der Waals surface area contributed by atoms with E-state index in [1.807, 2.05) is 17.8 Å². The van der Waals surface area contributed by atoms with Gasteiger partial charge < -0.3 is 10.2 Å². The summed E-state index contributed by atoms with van der Waals surface area (Å²) in [4.78, 5) is 2.44. The summed E-state index contributed by atoms with van der Waals surface area (Å²) < 4.78 is 25.1. The van der Waals surface area contributed by atoms with Crippen LogP contribution in [0.2, 0.25) is 0 Å². The molecule has 0 aliphatic carbocycles. The van der Waals surface area contributed by atoms with E-state index in [2.05, 4.69) is 10.2 Å². The fraction of sp³-hybridized carbons (Fsp3) is 0.571. The Morgan fingerprint density at radius 1 is 1.26 bits per heavy atom. The lowest BCUT2D eigenvalue weighted by atomic mass is 10.1. The average Bonchev–Trinajstić information content (AvgIpc) is 2.45. The molecule has 1 aromatic carbocycles.